The first kappa shape index (κ1) is 7.24. The molecule has 0 aromatic rings. The Morgan fingerprint density at radius 1 is 1.71 bits per heavy atom. The average molecular weight is 185 g/mol. The van der Waals surface area contributed by atoms with Crippen LogP contribution in [0, 0.1) is 0 Å². The van der Waals surface area contributed by atoms with E-state index in [1.54, 1.807) is 0 Å². The Balaban J connectivity index is 0.000000360. The van der Waals surface area contributed by atoms with Crippen LogP contribution in [0.4, 0.5) is 0 Å². The van der Waals surface area contributed by atoms with Crippen LogP contribution in [0.1, 0.15) is 0 Å². The van der Waals surface area contributed by atoms with Crippen molar-refractivity contribution in [3.63, 3.8) is 0 Å². The van der Waals surface area contributed by atoms with Gasteiger partial charge in [-0.15, -0.1) is 12.4 Å². The Morgan fingerprint density at radius 2 is 2.43 bits per heavy atom. The van der Waals surface area contributed by atoms with Gasteiger partial charge in [0.15, 0.2) is 4.74 Å². The third-order valence-corrected chi connectivity index (χ3v) is 1.16. The number of amidine groups is 1. The van der Waals surface area contributed by atoms with E-state index >= 15 is 0 Å². The van der Waals surface area contributed by atoms with Crippen LogP contribution in [0.15, 0.2) is 4.99 Å². The second-order valence-corrected chi connectivity index (χ2v) is 1.85. The largest absolute Gasteiger partial charge is 0.363 e. The summed E-state index contributed by atoms with van der Waals surface area (Å²) in [5.74, 6) is 0. The Morgan fingerprint density at radius 3 is 2.57 bits per heavy atom. The van der Waals surface area contributed by atoms with Crippen molar-refractivity contribution in [3.05, 3.63) is 0 Å². The molecule has 1 N–H and O–H groups in total. The van der Waals surface area contributed by atoms with Crippen LogP contribution < -0.4 is 5.32 Å². The van der Waals surface area contributed by atoms with Crippen LogP contribution in [0.2, 0.25) is 0 Å². The highest BCUT2D eigenvalue weighted by atomic mass is 79.9. The van der Waals surface area contributed by atoms with Crippen LogP contribution in [0.25, 0.3) is 0 Å². The highest BCUT2D eigenvalue weighted by Crippen LogP contribution is 1.89. The lowest BCUT2D eigenvalue weighted by atomic mass is 10.7. The summed E-state index contributed by atoms with van der Waals surface area (Å²) in [5, 5.41) is 2.99. The fourth-order valence-electron chi connectivity index (χ4n) is 0.369. The summed E-state index contributed by atoms with van der Waals surface area (Å²) >= 11 is 3.18. The molecule has 0 amide bonds. The molecule has 0 atom stereocenters. The molecule has 1 aliphatic heterocycles. The van der Waals surface area contributed by atoms with Crippen molar-refractivity contribution in [2.75, 3.05) is 13.1 Å². The van der Waals surface area contributed by atoms with Gasteiger partial charge in [0.2, 0.25) is 0 Å². The normalized spacial score (nSPS) is 17.0. The molecule has 0 unspecified atom stereocenters. The van der Waals surface area contributed by atoms with E-state index in [4.69, 9.17) is 0 Å². The van der Waals surface area contributed by atoms with Crippen LogP contribution in [-0.2, 0) is 0 Å². The smallest absolute Gasteiger partial charge is 0.165 e. The van der Waals surface area contributed by atoms with E-state index < -0.39 is 0 Å². The molecule has 1 rings (SSSR count). The summed E-state index contributed by atoms with van der Waals surface area (Å²) in [4.78, 5) is 3.96. The second kappa shape index (κ2) is 3.27. The van der Waals surface area contributed by atoms with Gasteiger partial charge in [-0.2, -0.15) is 0 Å². The number of hydrogen-bond donors (Lipinski definition) is 1. The highest BCUT2D eigenvalue weighted by Gasteiger charge is 1.95. The molecular weight excluding hydrogens is 179 g/mol. The summed E-state index contributed by atoms with van der Waals surface area (Å²) in [6, 6.07) is 0. The first-order valence-electron chi connectivity index (χ1n) is 1.83. The standard InChI is InChI=1S/C3H5BrN2.ClH/c4-3-5-1-2-6-3;/h1-2H2,(H,5,6);1H. The fourth-order valence-corrected chi connectivity index (χ4v) is 0.745. The average Bonchev–Trinajstić information content (AvgIpc) is 1.86. The third-order valence-electron chi connectivity index (χ3n) is 0.633. The Hall–Kier alpha value is 0.240. The number of halogens is 2. The van der Waals surface area contributed by atoms with Crippen LogP contribution in [0.3, 0.4) is 0 Å². The van der Waals surface area contributed by atoms with Gasteiger partial charge in [-0.25, -0.2) is 0 Å². The predicted octanol–water partition coefficient (Wildman–Crippen LogP) is 0.762. The third kappa shape index (κ3) is 2.14. The van der Waals surface area contributed by atoms with Gasteiger partial charge in [-0.1, -0.05) is 0 Å². The molecule has 7 heavy (non-hydrogen) atoms. The molecule has 0 radical (unpaired) electrons. The van der Waals surface area contributed by atoms with E-state index in [0.717, 1.165) is 17.8 Å². The highest BCUT2D eigenvalue weighted by molar-refractivity contribution is 9.18. The maximum atomic E-state index is 3.96. The minimum atomic E-state index is 0. The molecule has 0 aromatic carbocycles. The molecule has 4 heteroatoms. The first-order chi connectivity index (χ1) is 2.89. The topological polar surface area (TPSA) is 24.4 Å². The van der Waals surface area contributed by atoms with Gasteiger partial charge in [0.05, 0.1) is 6.54 Å². The van der Waals surface area contributed by atoms with Gasteiger partial charge in [0.1, 0.15) is 0 Å². The van der Waals surface area contributed by atoms with E-state index in [1.807, 2.05) is 0 Å². The molecule has 0 saturated heterocycles. The number of aliphatic imine (C=N–C) groups is 1. The number of rotatable bonds is 0. The van der Waals surface area contributed by atoms with E-state index in [2.05, 4.69) is 26.2 Å². The summed E-state index contributed by atoms with van der Waals surface area (Å²) in [5.41, 5.74) is 0. The zero-order valence-electron chi connectivity index (χ0n) is 3.65. The summed E-state index contributed by atoms with van der Waals surface area (Å²) in [7, 11) is 0. The maximum absolute atomic E-state index is 3.96. The van der Waals surface area contributed by atoms with Crippen molar-refractivity contribution in [2.24, 2.45) is 4.99 Å². The van der Waals surface area contributed by atoms with E-state index in [9.17, 15) is 0 Å². The minimum Gasteiger partial charge on any atom is -0.363 e. The van der Waals surface area contributed by atoms with Gasteiger partial charge >= 0.3 is 0 Å². The van der Waals surface area contributed by atoms with Crippen molar-refractivity contribution in [1.29, 1.82) is 0 Å². The molecule has 0 saturated carbocycles. The zero-order chi connectivity index (χ0) is 4.41. The monoisotopic (exact) mass is 184 g/mol. The predicted molar refractivity (Wildman–Crippen MR) is 36.5 cm³/mol. The van der Waals surface area contributed by atoms with Crippen LogP contribution in [-0.4, -0.2) is 17.8 Å². The van der Waals surface area contributed by atoms with Crippen LogP contribution >= 0.6 is 28.3 Å². The lowest BCUT2D eigenvalue weighted by Crippen LogP contribution is -2.11. The Labute approximate surface area is 56.9 Å². The molecule has 2 nitrogen and oxygen atoms in total. The van der Waals surface area contributed by atoms with Crippen molar-refractivity contribution in [3.8, 4) is 0 Å². The van der Waals surface area contributed by atoms with Crippen molar-refractivity contribution < 1.29 is 0 Å². The molecule has 1 aliphatic rings. The number of hydrogen-bond acceptors (Lipinski definition) is 2. The van der Waals surface area contributed by atoms with E-state index in [1.165, 1.54) is 0 Å². The van der Waals surface area contributed by atoms with Gasteiger partial charge in [-0.3, -0.25) is 4.99 Å². The first-order valence-corrected chi connectivity index (χ1v) is 2.63. The summed E-state index contributed by atoms with van der Waals surface area (Å²) in [6.45, 7) is 1.90. The Bertz CT molecular complexity index is 83.0. The fraction of sp³-hybridized carbons (Fsp3) is 0.667. The van der Waals surface area contributed by atoms with Gasteiger partial charge in [0, 0.05) is 6.54 Å². The van der Waals surface area contributed by atoms with Crippen LogP contribution in [0.5, 0.6) is 0 Å². The van der Waals surface area contributed by atoms with Gasteiger partial charge in [-0.05, 0) is 15.9 Å². The van der Waals surface area contributed by atoms with Crippen molar-refractivity contribution >= 4 is 33.1 Å². The molecule has 0 aliphatic carbocycles. The van der Waals surface area contributed by atoms with Gasteiger partial charge in [0.25, 0.3) is 0 Å². The molecule has 0 fully saturated rings. The number of nitrogens with zero attached hydrogens (tertiary/aromatic N) is 1. The van der Waals surface area contributed by atoms with Crippen molar-refractivity contribution in [1.82, 2.24) is 5.32 Å². The Kier molecular flexibility index (Phi) is 3.38. The molecule has 42 valence electrons. The maximum Gasteiger partial charge on any atom is 0.165 e. The number of nitrogens with one attached hydrogen (secondary N) is 1. The lowest BCUT2D eigenvalue weighted by molar-refractivity contribution is 0.964. The zero-order valence-corrected chi connectivity index (χ0v) is 6.05. The molecule has 0 aromatic heterocycles. The molecule has 0 bridgehead atoms. The molecule has 1 heterocycles. The van der Waals surface area contributed by atoms with Gasteiger partial charge < -0.3 is 5.32 Å². The molecular formula is C3H6BrClN2. The molecule has 0 spiro atoms. The minimum absolute atomic E-state index is 0. The summed E-state index contributed by atoms with van der Waals surface area (Å²) < 4.78 is 0.891. The van der Waals surface area contributed by atoms with E-state index in [-0.39, 0.29) is 12.4 Å². The SMILES string of the molecule is BrC1=NCCN1.Cl. The van der Waals surface area contributed by atoms with Crippen molar-refractivity contribution in [2.45, 2.75) is 0 Å². The quantitative estimate of drug-likeness (QED) is 0.554. The second-order valence-electron chi connectivity index (χ2n) is 1.10. The lowest BCUT2D eigenvalue weighted by Gasteiger charge is -1.82. The summed E-state index contributed by atoms with van der Waals surface area (Å²) in [6.07, 6.45) is 0. The van der Waals surface area contributed by atoms with E-state index in [0.29, 0.717) is 0 Å².